The molecule has 0 amide bonds. The Morgan fingerprint density at radius 1 is 1.27 bits per heavy atom. The predicted molar refractivity (Wildman–Crippen MR) is 106 cm³/mol. The van der Waals surface area contributed by atoms with Crippen molar-refractivity contribution < 1.29 is 4.74 Å². The summed E-state index contributed by atoms with van der Waals surface area (Å²) in [6, 6.07) is 6.45. The van der Waals surface area contributed by atoms with E-state index in [0.717, 1.165) is 70.8 Å². The lowest BCUT2D eigenvalue weighted by Gasteiger charge is -2.10. The standard InChI is InChI=1S/C20H22N4OS/c1-26-16-7-14(11-21-12-16)20-23-17-8-15(22-10-13-3-4-13)9-18-19(17)24(20)5-2-6-25-18/h7-9,11-13,22H,2-6,10H2,1H3. The number of thioether (sulfide) groups is 1. The molecule has 0 atom stereocenters. The number of benzene rings is 1. The van der Waals surface area contributed by atoms with E-state index in [1.54, 1.807) is 11.8 Å². The van der Waals surface area contributed by atoms with Gasteiger partial charge in [0.25, 0.3) is 0 Å². The Morgan fingerprint density at radius 3 is 3.04 bits per heavy atom. The van der Waals surface area contributed by atoms with Crippen LogP contribution in [0, 0.1) is 5.92 Å². The van der Waals surface area contributed by atoms with Gasteiger partial charge in [0.15, 0.2) is 0 Å². The molecule has 1 aliphatic carbocycles. The second kappa shape index (κ2) is 6.50. The van der Waals surface area contributed by atoms with Crippen molar-refractivity contribution >= 4 is 28.5 Å². The van der Waals surface area contributed by atoms with Crippen molar-refractivity contribution in [2.75, 3.05) is 24.7 Å². The van der Waals surface area contributed by atoms with Crippen LogP contribution in [0.15, 0.2) is 35.5 Å². The molecule has 134 valence electrons. The molecular weight excluding hydrogens is 344 g/mol. The molecule has 6 heteroatoms. The van der Waals surface area contributed by atoms with Crippen LogP contribution >= 0.6 is 11.8 Å². The van der Waals surface area contributed by atoms with Crippen molar-refractivity contribution in [3.05, 3.63) is 30.6 Å². The number of nitrogens with one attached hydrogen (secondary N) is 1. The Hall–Kier alpha value is -2.21. The van der Waals surface area contributed by atoms with Gasteiger partial charge in [-0.3, -0.25) is 4.98 Å². The number of hydrogen-bond donors (Lipinski definition) is 1. The van der Waals surface area contributed by atoms with Crippen LogP contribution in [-0.4, -0.2) is 33.9 Å². The van der Waals surface area contributed by atoms with Crippen molar-refractivity contribution in [2.45, 2.75) is 30.7 Å². The highest BCUT2D eigenvalue weighted by atomic mass is 32.2. The molecule has 1 N–H and O–H groups in total. The molecule has 3 heterocycles. The highest BCUT2D eigenvalue weighted by Gasteiger charge is 2.23. The minimum absolute atomic E-state index is 0.741. The average Bonchev–Trinajstić information content (AvgIpc) is 3.46. The smallest absolute Gasteiger partial charge is 0.147 e. The van der Waals surface area contributed by atoms with E-state index in [-0.39, 0.29) is 0 Å². The van der Waals surface area contributed by atoms with E-state index < -0.39 is 0 Å². The Balaban J connectivity index is 1.62. The Labute approximate surface area is 157 Å². The predicted octanol–water partition coefficient (Wildman–Crippen LogP) is 4.42. The van der Waals surface area contributed by atoms with Gasteiger partial charge in [-0.2, -0.15) is 0 Å². The van der Waals surface area contributed by atoms with Crippen LogP contribution in [0.1, 0.15) is 19.3 Å². The number of ether oxygens (including phenoxy) is 1. The molecule has 0 spiro atoms. The monoisotopic (exact) mass is 366 g/mol. The molecule has 1 saturated carbocycles. The molecule has 2 aliphatic rings. The lowest BCUT2D eigenvalue weighted by molar-refractivity contribution is 0.316. The van der Waals surface area contributed by atoms with Crippen LogP contribution in [0.4, 0.5) is 5.69 Å². The van der Waals surface area contributed by atoms with Gasteiger partial charge in [-0.15, -0.1) is 11.8 Å². The normalized spacial score (nSPS) is 16.3. The molecule has 2 aromatic heterocycles. The lowest BCUT2D eigenvalue weighted by Crippen LogP contribution is -2.03. The summed E-state index contributed by atoms with van der Waals surface area (Å²) in [5.74, 6) is 2.75. The van der Waals surface area contributed by atoms with Crippen molar-refractivity contribution in [3.8, 4) is 17.1 Å². The zero-order valence-corrected chi connectivity index (χ0v) is 15.7. The fourth-order valence-electron chi connectivity index (χ4n) is 3.52. The zero-order chi connectivity index (χ0) is 17.5. The fraction of sp³-hybridized carbons (Fsp3) is 0.400. The van der Waals surface area contributed by atoms with Crippen LogP contribution in [0.2, 0.25) is 0 Å². The van der Waals surface area contributed by atoms with Crippen LogP contribution in [0.3, 0.4) is 0 Å². The Bertz CT molecular complexity index is 964. The van der Waals surface area contributed by atoms with E-state index in [2.05, 4.69) is 39.3 Å². The van der Waals surface area contributed by atoms with Gasteiger partial charge in [-0.1, -0.05) is 0 Å². The van der Waals surface area contributed by atoms with Gasteiger partial charge in [-0.05, 0) is 43.6 Å². The quantitative estimate of drug-likeness (QED) is 0.677. The number of pyridine rings is 1. The third kappa shape index (κ3) is 2.92. The minimum Gasteiger partial charge on any atom is -0.491 e. The molecule has 0 unspecified atom stereocenters. The molecule has 5 nitrogen and oxygen atoms in total. The van der Waals surface area contributed by atoms with Gasteiger partial charge in [0.2, 0.25) is 0 Å². The van der Waals surface area contributed by atoms with Crippen molar-refractivity contribution in [1.82, 2.24) is 14.5 Å². The topological polar surface area (TPSA) is 52.0 Å². The third-order valence-corrected chi connectivity index (χ3v) is 5.78. The molecule has 5 rings (SSSR count). The number of hydrogen-bond acceptors (Lipinski definition) is 5. The van der Waals surface area contributed by atoms with Gasteiger partial charge in [0.05, 0.1) is 12.1 Å². The third-order valence-electron chi connectivity index (χ3n) is 5.09. The van der Waals surface area contributed by atoms with E-state index in [1.165, 1.54) is 12.8 Å². The summed E-state index contributed by atoms with van der Waals surface area (Å²) in [6.07, 6.45) is 9.54. The largest absolute Gasteiger partial charge is 0.491 e. The average molecular weight is 366 g/mol. The van der Waals surface area contributed by atoms with E-state index in [1.807, 2.05) is 12.4 Å². The molecule has 0 saturated heterocycles. The number of aryl methyl sites for hydroxylation is 1. The lowest BCUT2D eigenvalue weighted by atomic mass is 10.2. The maximum absolute atomic E-state index is 6.06. The maximum atomic E-state index is 6.06. The molecule has 0 bridgehead atoms. The first-order valence-electron chi connectivity index (χ1n) is 9.22. The fourth-order valence-corrected chi connectivity index (χ4v) is 3.93. The van der Waals surface area contributed by atoms with Crippen LogP contribution < -0.4 is 10.1 Å². The summed E-state index contributed by atoms with van der Waals surface area (Å²) < 4.78 is 8.35. The van der Waals surface area contributed by atoms with Crippen LogP contribution in [-0.2, 0) is 6.54 Å². The molecular formula is C20H22N4OS. The van der Waals surface area contributed by atoms with Gasteiger partial charge >= 0.3 is 0 Å². The highest BCUT2D eigenvalue weighted by Crippen LogP contribution is 2.37. The first-order chi connectivity index (χ1) is 12.8. The summed E-state index contributed by atoms with van der Waals surface area (Å²) in [4.78, 5) is 10.5. The van der Waals surface area contributed by atoms with Crippen molar-refractivity contribution in [2.24, 2.45) is 5.92 Å². The minimum atomic E-state index is 0.741. The number of rotatable bonds is 5. The van der Waals surface area contributed by atoms with Crippen LogP contribution in [0.5, 0.6) is 5.75 Å². The van der Waals surface area contributed by atoms with Crippen molar-refractivity contribution in [1.29, 1.82) is 0 Å². The van der Waals surface area contributed by atoms with E-state index in [4.69, 9.17) is 9.72 Å². The molecule has 26 heavy (non-hydrogen) atoms. The molecule has 3 aromatic rings. The zero-order valence-electron chi connectivity index (χ0n) is 14.9. The summed E-state index contributed by atoms with van der Waals surface area (Å²) in [5, 5.41) is 3.56. The van der Waals surface area contributed by atoms with E-state index in [0.29, 0.717) is 0 Å². The SMILES string of the molecule is CSc1cncc(-c2nc3cc(NCC4CC4)cc4c3n2CCCO4)c1. The summed E-state index contributed by atoms with van der Waals surface area (Å²) in [6.45, 7) is 2.70. The van der Waals surface area contributed by atoms with E-state index in [9.17, 15) is 0 Å². The highest BCUT2D eigenvalue weighted by molar-refractivity contribution is 7.98. The summed E-state index contributed by atoms with van der Waals surface area (Å²) in [7, 11) is 0. The molecule has 1 aromatic carbocycles. The number of anilines is 1. The van der Waals surface area contributed by atoms with Crippen molar-refractivity contribution in [3.63, 3.8) is 0 Å². The number of imidazole rings is 1. The van der Waals surface area contributed by atoms with Gasteiger partial charge in [0, 0.05) is 47.7 Å². The van der Waals surface area contributed by atoms with Crippen LogP contribution in [0.25, 0.3) is 22.4 Å². The Morgan fingerprint density at radius 2 is 2.19 bits per heavy atom. The Kier molecular flexibility index (Phi) is 4.00. The summed E-state index contributed by atoms with van der Waals surface area (Å²) >= 11 is 1.70. The number of aromatic nitrogens is 3. The van der Waals surface area contributed by atoms with Gasteiger partial charge in [0.1, 0.15) is 17.1 Å². The molecule has 1 aliphatic heterocycles. The molecule has 0 radical (unpaired) electrons. The van der Waals surface area contributed by atoms with Gasteiger partial charge < -0.3 is 14.6 Å². The first-order valence-corrected chi connectivity index (χ1v) is 10.4. The second-order valence-electron chi connectivity index (χ2n) is 7.07. The summed E-state index contributed by atoms with van der Waals surface area (Å²) in [5.41, 5.74) is 4.26. The molecule has 1 fully saturated rings. The number of nitrogens with zero attached hydrogens (tertiary/aromatic N) is 3. The second-order valence-corrected chi connectivity index (χ2v) is 7.95. The van der Waals surface area contributed by atoms with E-state index >= 15 is 0 Å². The van der Waals surface area contributed by atoms with Gasteiger partial charge in [-0.25, -0.2) is 4.98 Å². The first kappa shape index (κ1) is 16.0. The maximum Gasteiger partial charge on any atom is 0.147 e.